The fourth-order valence-corrected chi connectivity index (χ4v) is 1.01. The smallest absolute Gasteiger partial charge is 0.362 e. The Kier molecular flexibility index (Phi) is 3.03. The van der Waals surface area contributed by atoms with Gasteiger partial charge in [-0.3, -0.25) is 0 Å². The lowest BCUT2D eigenvalue weighted by Gasteiger charge is -1.95. The molecule has 0 radical (unpaired) electrons. The molecule has 76 valence electrons. The molecule has 0 aliphatic heterocycles. The van der Waals surface area contributed by atoms with Crippen molar-refractivity contribution in [3.8, 4) is 0 Å². The number of nitrogens with zero attached hydrogens (tertiary/aromatic N) is 2. The normalized spacial score (nSPS) is 9.86. The Balaban J connectivity index is 3.00. The second kappa shape index (κ2) is 4.05. The van der Waals surface area contributed by atoms with Crippen molar-refractivity contribution < 1.29 is 14.5 Å². The first kappa shape index (κ1) is 10.5. The fourth-order valence-electron chi connectivity index (χ4n) is 0.775. The standard InChI is InChI=1S/C6H6ClN3O4/c1-2-14-6(11)4-3(7)5(9-8-4)10(12)13/h2H2,1H3,(H,8,9). The number of nitro groups is 1. The third-order valence-corrected chi connectivity index (χ3v) is 1.70. The predicted octanol–water partition coefficient (Wildman–Crippen LogP) is 1.15. The van der Waals surface area contributed by atoms with Crippen LogP contribution in [0.25, 0.3) is 0 Å². The zero-order valence-corrected chi connectivity index (χ0v) is 7.87. The molecule has 1 rings (SSSR count). The second-order valence-electron chi connectivity index (χ2n) is 2.21. The highest BCUT2D eigenvalue weighted by Gasteiger charge is 2.25. The maximum atomic E-state index is 11.1. The molecule has 0 bridgehead atoms. The first-order valence-corrected chi connectivity index (χ1v) is 4.01. The number of carbonyl (C=O) groups is 1. The number of esters is 1. The summed E-state index contributed by atoms with van der Waals surface area (Å²) < 4.78 is 4.57. The molecule has 0 unspecified atom stereocenters. The Hall–Kier alpha value is -1.63. The van der Waals surface area contributed by atoms with Gasteiger partial charge in [0.25, 0.3) is 0 Å². The number of aromatic amines is 1. The number of halogens is 1. The molecule has 0 amide bonds. The molecular weight excluding hydrogens is 214 g/mol. The Morgan fingerprint density at radius 2 is 2.43 bits per heavy atom. The van der Waals surface area contributed by atoms with E-state index in [9.17, 15) is 14.9 Å². The topological polar surface area (TPSA) is 98.1 Å². The van der Waals surface area contributed by atoms with Gasteiger partial charge in [0.15, 0.2) is 5.02 Å². The van der Waals surface area contributed by atoms with Gasteiger partial charge in [-0.05, 0) is 11.8 Å². The maximum absolute atomic E-state index is 11.1. The van der Waals surface area contributed by atoms with Crippen molar-refractivity contribution in [1.29, 1.82) is 0 Å². The van der Waals surface area contributed by atoms with Crippen LogP contribution in [0.4, 0.5) is 5.82 Å². The van der Waals surface area contributed by atoms with Gasteiger partial charge in [-0.1, -0.05) is 16.7 Å². The van der Waals surface area contributed by atoms with E-state index in [1.807, 2.05) is 5.10 Å². The molecular formula is C6H6ClN3O4. The average Bonchev–Trinajstić information content (AvgIpc) is 2.47. The van der Waals surface area contributed by atoms with E-state index in [-0.39, 0.29) is 17.3 Å². The Morgan fingerprint density at radius 3 is 2.86 bits per heavy atom. The molecule has 0 saturated carbocycles. The van der Waals surface area contributed by atoms with E-state index in [1.165, 1.54) is 0 Å². The summed E-state index contributed by atoms with van der Waals surface area (Å²) in [4.78, 5) is 20.6. The van der Waals surface area contributed by atoms with Crippen molar-refractivity contribution in [2.75, 3.05) is 6.61 Å². The highest BCUT2D eigenvalue weighted by molar-refractivity contribution is 6.35. The third-order valence-electron chi connectivity index (χ3n) is 1.34. The van der Waals surface area contributed by atoms with Crippen LogP contribution in [0.3, 0.4) is 0 Å². The summed E-state index contributed by atoms with van der Waals surface area (Å²) in [6.45, 7) is 1.75. The van der Waals surface area contributed by atoms with Crippen LogP contribution in [0.1, 0.15) is 17.4 Å². The quantitative estimate of drug-likeness (QED) is 0.467. The summed E-state index contributed by atoms with van der Waals surface area (Å²) in [5.74, 6) is -1.31. The summed E-state index contributed by atoms with van der Waals surface area (Å²) in [5.41, 5.74) is -0.278. The van der Waals surface area contributed by atoms with Gasteiger partial charge in [0.05, 0.1) is 6.61 Å². The largest absolute Gasteiger partial charge is 0.461 e. The molecule has 7 nitrogen and oxygen atoms in total. The van der Waals surface area contributed by atoms with E-state index in [4.69, 9.17) is 11.6 Å². The molecule has 0 aromatic carbocycles. The van der Waals surface area contributed by atoms with Crippen LogP contribution in [-0.2, 0) is 4.74 Å². The van der Waals surface area contributed by atoms with E-state index in [0.717, 1.165) is 0 Å². The van der Waals surface area contributed by atoms with Crippen molar-refractivity contribution in [1.82, 2.24) is 10.2 Å². The summed E-state index contributed by atoms with van der Waals surface area (Å²) in [7, 11) is 0. The van der Waals surface area contributed by atoms with Gasteiger partial charge in [0, 0.05) is 0 Å². The first-order valence-electron chi connectivity index (χ1n) is 3.63. The van der Waals surface area contributed by atoms with E-state index in [0.29, 0.717) is 0 Å². The van der Waals surface area contributed by atoms with Crippen LogP contribution in [0.2, 0.25) is 5.02 Å². The molecule has 0 spiro atoms. The number of ether oxygens (including phenoxy) is 1. The number of nitrogens with one attached hydrogen (secondary N) is 1. The van der Waals surface area contributed by atoms with Gasteiger partial charge in [0.2, 0.25) is 5.69 Å². The molecule has 1 aromatic heterocycles. The average molecular weight is 220 g/mol. The van der Waals surface area contributed by atoms with Crippen molar-refractivity contribution >= 4 is 23.4 Å². The maximum Gasteiger partial charge on any atom is 0.362 e. The molecule has 8 heteroatoms. The molecule has 0 saturated heterocycles. The SMILES string of the molecule is CCOC(=O)c1n[nH]c([N+](=O)[O-])c1Cl. The van der Waals surface area contributed by atoms with Gasteiger partial charge < -0.3 is 14.9 Å². The fraction of sp³-hybridized carbons (Fsp3) is 0.333. The Morgan fingerprint density at radius 1 is 1.79 bits per heavy atom. The van der Waals surface area contributed by atoms with Crippen LogP contribution in [0, 0.1) is 10.1 Å². The summed E-state index contributed by atoms with van der Waals surface area (Å²) >= 11 is 5.51. The predicted molar refractivity (Wildman–Crippen MR) is 46.2 cm³/mol. The van der Waals surface area contributed by atoms with Crippen LogP contribution in [0.15, 0.2) is 0 Å². The zero-order chi connectivity index (χ0) is 10.7. The minimum Gasteiger partial charge on any atom is -0.461 e. The zero-order valence-electron chi connectivity index (χ0n) is 7.11. The lowest BCUT2D eigenvalue weighted by Crippen LogP contribution is -2.05. The van der Waals surface area contributed by atoms with Crippen molar-refractivity contribution in [3.63, 3.8) is 0 Å². The molecule has 1 N–H and O–H groups in total. The minimum absolute atomic E-state index is 0.149. The number of H-pyrrole nitrogens is 1. The molecule has 0 atom stereocenters. The van der Waals surface area contributed by atoms with Gasteiger partial charge >= 0.3 is 11.8 Å². The minimum atomic E-state index is -0.790. The summed E-state index contributed by atoms with van der Waals surface area (Å²) in [6, 6.07) is 0. The van der Waals surface area contributed by atoms with Gasteiger partial charge in [-0.2, -0.15) is 0 Å². The summed E-state index contributed by atoms with van der Waals surface area (Å²) in [6.07, 6.45) is 0. The summed E-state index contributed by atoms with van der Waals surface area (Å²) in [5, 5.41) is 15.4. The highest BCUT2D eigenvalue weighted by Crippen LogP contribution is 2.24. The van der Waals surface area contributed by atoms with E-state index in [2.05, 4.69) is 9.84 Å². The molecule has 1 aromatic rings. The number of rotatable bonds is 3. The second-order valence-corrected chi connectivity index (χ2v) is 2.59. The number of aromatic nitrogens is 2. The van der Waals surface area contributed by atoms with Crippen molar-refractivity contribution in [2.24, 2.45) is 0 Å². The molecule has 14 heavy (non-hydrogen) atoms. The lowest BCUT2D eigenvalue weighted by atomic mass is 10.4. The number of carbonyl (C=O) groups excluding carboxylic acids is 1. The van der Waals surface area contributed by atoms with Crippen molar-refractivity contribution in [2.45, 2.75) is 6.92 Å². The van der Waals surface area contributed by atoms with Gasteiger partial charge in [-0.15, -0.1) is 5.10 Å². The Bertz CT molecular complexity index is 375. The van der Waals surface area contributed by atoms with Gasteiger partial charge in [-0.25, -0.2) is 4.79 Å². The first-order chi connectivity index (χ1) is 6.57. The third kappa shape index (κ3) is 1.82. The molecule has 0 aliphatic carbocycles. The van der Waals surface area contributed by atoms with Crippen LogP contribution < -0.4 is 0 Å². The van der Waals surface area contributed by atoms with Crippen LogP contribution >= 0.6 is 11.6 Å². The van der Waals surface area contributed by atoms with E-state index in [1.54, 1.807) is 6.92 Å². The highest BCUT2D eigenvalue weighted by atomic mass is 35.5. The van der Waals surface area contributed by atoms with E-state index >= 15 is 0 Å². The number of hydrogen-bond acceptors (Lipinski definition) is 5. The number of hydrogen-bond donors (Lipinski definition) is 1. The Labute approximate surface area is 83.2 Å². The van der Waals surface area contributed by atoms with Crippen LogP contribution in [-0.4, -0.2) is 27.7 Å². The van der Waals surface area contributed by atoms with Gasteiger partial charge in [0.1, 0.15) is 0 Å². The molecule has 1 heterocycles. The monoisotopic (exact) mass is 219 g/mol. The van der Waals surface area contributed by atoms with Crippen LogP contribution in [0.5, 0.6) is 0 Å². The van der Waals surface area contributed by atoms with Crippen molar-refractivity contribution in [3.05, 3.63) is 20.8 Å². The molecule has 0 fully saturated rings. The molecule has 0 aliphatic rings. The lowest BCUT2D eigenvalue weighted by molar-refractivity contribution is -0.389. The van der Waals surface area contributed by atoms with E-state index < -0.39 is 16.7 Å².